The van der Waals surface area contributed by atoms with Crippen LogP contribution in [0.15, 0.2) is 40.1 Å². The number of nitriles is 1. The van der Waals surface area contributed by atoms with Crippen LogP contribution in [0.2, 0.25) is 0 Å². The minimum Gasteiger partial charge on any atom is -0.779 e. The zero-order valence-electron chi connectivity index (χ0n) is 8.54. The minimum atomic E-state index is -0.294. The van der Waals surface area contributed by atoms with Crippen LogP contribution in [0.5, 0.6) is 0 Å². The zero-order valence-corrected chi connectivity index (χ0v) is 11.0. The van der Waals surface area contributed by atoms with Crippen LogP contribution in [0.1, 0.15) is 10.4 Å². The predicted molar refractivity (Wildman–Crippen MR) is 72.9 cm³/mol. The Labute approximate surface area is 112 Å². The summed E-state index contributed by atoms with van der Waals surface area (Å²) < 4.78 is 0. The maximum Gasteiger partial charge on any atom is 0.252 e. The highest BCUT2D eigenvalue weighted by Crippen LogP contribution is 2.44. The van der Waals surface area contributed by atoms with Crippen LogP contribution in [0.3, 0.4) is 0 Å². The number of rotatable bonds is 2. The van der Waals surface area contributed by atoms with Gasteiger partial charge in [-0.1, -0.05) is 29.0 Å². The molecule has 1 aromatic rings. The molecule has 0 aromatic heterocycles. The lowest BCUT2D eigenvalue weighted by Gasteiger charge is -2.19. The van der Waals surface area contributed by atoms with Gasteiger partial charge in [0.05, 0.1) is 10.3 Å². The average molecular weight is 279 g/mol. The molecule has 1 aliphatic heterocycles. The van der Waals surface area contributed by atoms with Gasteiger partial charge in [-0.15, -0.1) is 4.91 Å². The van der Waals surface area contributed by atoms with E-state index >= 15 is 0 Å². The second-order valence-corrected chi connectivity index (χ2v) is 5.96. The van der Waals surface area contributed by atoms with Crippen molar-refractivity contribution in [2.45, 2.75) is 5.37 Å². The van der Waals surface area contributed by atoms with Crippen molar-refractivity contribution in [1.29, 1.82) is 5.26 Å². The molecular formula is C11H7N2OS3-. The molecule has 1 N–H and O–H groups in total. The van der Waals surface area contributed by atoms with Crippen LogP contribution >= 0.6 is 21.6 Å². The highest BCUT2D eigenvalue weighted by atomic mass is 33.1. The van der Waals surface area contributed by atoms with E-state index in [1.165, 1.54) is 21.6 Å². The van der Waals surface area contributed by atoms with Crippen molar-refractivity contribution in [3.63, 3.8) is 0 Å². The second kappa shape index (κ2) is 5.45. The molecule has 1 heterocycles. The van der Waals surface area contributed by atoms with E-state index in [4.69, 9.17) is 17.9 Å². The smallest absolute Gasteiger partial charge is 0.252 e. The van der Waals surface area contributed by atoms with Crippen LogP contribution in [0.25, 0.3) is 0 Å². The van der Waals surface area contributed by atoms with Gasteiger partial charge in [-0.3, -0.25) is 4.79 Å². The third kappa shape index (κ3) is 2.75. The predicted octanol–water partition coefficient (Wildman–Crippen LogP) is 2.42. The number of nitrogens with zero attached hydrogens (tertiary/aromatic N) is 1. The number of amides is 1. The fourth-order valence-electron chi connectivity index (χ4n) is 1.26. The molecule has 3 nitrogen and oxygen atoms in total. The van der Waals surface area contributed by atoms with Crippen molar-refractivity contribution in [3.05, 3.63) is 45.7 Å². The maximum atomic E-state index is 11.9. The van der Waals surface area contributed by atoms with Gasteiger partial charge in [0.15, 0.2) is 0 Å². The summed E-state index contributed by atoms with van der Waals surface area (Å²) in [7, 11) is 2.70. The van der Waals surface area contributed by atoms with E-state index in [1.807, 2.05) is 12.1 Å². The van der Waals surface area contributed by atoms with Gasteiger partial charge in [0, 0.05) is 5.56 Å². The lowest BCUT2D eigenvalue weighted by Crippen LogP contribution is -2.32. The minimum absolute atomic E-state index is 0.176. The van der Waals surface area contributed by atoms with Crippen molar-refractivity contribution in [3.8, 4) is 6.07 Å². The van der Waals surface area contributed by atoms with Gasteiger partial charge in [0.1, 0.15) is 6.07 Å². The van der Waals surface area contributed by atoms with E-state index in [2.05, 4.69) is 5.32 Å². The van der Waals surface area contributed by atoms with E-state index in [1.54, 1.807) is 24.3 Å². The molecule has 1 aromatic carbocycles. The van der Waals surface area contributed by atoms with Crippen LogP contribution in [0, 0.1) is 11.3 Å². The van der Waals surface area contributed by atoms with Crippen LogP contribution in [-0.2, 0) is 12.6 Å². The lowest BCUT2D eigenvalue weighted by molar-refractivity contribution is 0.0954. The van der Waals surface area contributed by atoms with Crippen molar-refractivity contribution in [1.82, 2.24) is 5.32 Å². The molecule has 0 spiro atoms. The molecule has 2 rings (SSSR count). The molecule has 0 saturated carbocycles. The third-order valence-corrected chi connectivity index (χ3v) is 5.29. The van der Waals surface area contributed by atoms with E-state index < -0.39 is 0 Å². The summed E-state index contributed by atoms with van der Waals surface area (Å²) in [5.74, 6) is -0.176. The maximum absolute atomic E-state index is 11.9. The van der Waals surface area contributed by atoms with Crippen molar-refractivity contribution < 1.29 is 4.79 Å². The Balaban J connectivity index is 2.07. The fourth-order valence-corrected chi connectivity index (χ4v) is 4.23. The Hall–Kier alpha value is -1.16. The monoisotopic (exact) mass is 279 g/mol. The van der Waals surface area contributed by atoms with Gasteiger partial charge in [0.25, 0.3) is 5.91 Å². The molecule has 0 aliphatic carbocycles. The number of hydrogen-bond acceptors (Lipinski definition) is 5. The molecule has 17 heavy (non-hydrogen) atoms. The molecule has 0 radical (unpaired) electrons. The second-order valence-electron chi connectivity index (χ2n) is 3.20. The Morgan fingerprint density at radius 1 is 1.41 bits per heavy atom. The van der Waals surface area contributed by atoms with Crippen LogP contribution in [-0.4, -0.2) is 11.3 Å². The molecule has 1 aliphatic rings. The topological polar surface area (TPSA) is 52.9 Å². The first kappa shape index (κ1) is 12.3. The van der Waals surface area contributed by atoms with E-state index in [9.17, 15) is 4.79 Å². The van der Waals surface area contributed by atoms with E-state index in [0.717, 1.165) is 0 Å². The van der Waals surface area contributed by atoms with Crippen LogP contribution < -0.4 is 5.32 Å². The first-order valence-electron chi connectivity index (χ1n) is 4.73. The molecular weight excluding hydrogens is 272 g/mol. The SMILES string of the molecule is N#CC1=C([S-])C(NC(=O)c2ccccc2)SS1. The van der Waals surface area contributed by atoms with Gasteiger partial charge in [-0.25, -0.2) is 0 Å². The Morgan fingerprint density at radius 3 is 2.71 bits per heavy atom. The number of benzene rings is 1. The number of allylic oxidation sites excluding steroid dienone is 1. The van der Waals surface area contributed by atoms with Gasteiger partial charge in [0.2, 0.25) is 0 Å². The van der Waals surface area contributed by atoms with Crippen molar-refractivity contribution in [2.24, 2.45) is 0 Å². The summed E-state index contributed by atoms with van der Waals surface area (Å²) in [5.41, 5.74) is 0.589. The van der Waals surface area contributed by atoms with E-state index in [0.29, 0.717) is 15.4 Å². The largest absolute Gasteiger partial charge is 0.779 e. The molecule has 0 saturated heterocycles. The highest BCUT2D eigenvalue weighted by molar-refractivity contribution is 8.79. The standard InChI is InChI=1S/C11H8N2OS3/c12-6-8-9(15)11(17-16-8)13-10(14)7-4-2-1-3-5-7/h1-5,11,15H,(H,13,14)/p-1. The van der Waals surface area contributed by atoms with Gasteiger partial charge >= 0.3 is 0 Å². The summed E-state index contributed by atoms with van der Waals surface area (Å²) >= 11 is 5.11. The summed E-state index contributed by atoms with van der Waals surface area (Å²) in [4.78, 5) is 12.9. The summed E-state index contributed by atoms with van der Waals surface area (Å²) in [6.45, 7) is 0. The zero-order chi connectivity index (χ0) is 12.3. The van der Waals surface area contributed by atoms with Crippen molar-refractivity contribution in [2.75, 3.05) is 0 Å². The first-order chi connectivity index (χ1) is 8.22. The Kier molecular flexibility index (Phi) is 3.94. The number of nitrogens with one attached hydrogen (secondary N) is 1. The summed E-state index contributed by atoms with van der Waals surface area (Å²) in [5, 5.41) is 11.3. The average Bonchev–Trinajstić information content (AvgIpc) is 2.71. The normalized spacial score (nSPS) is 18.9. The fraction of sp³-hybridized carbons (Fsp3) is 0.0909. The molecule has 1 atom stereocenters. The summed E-state index contributed by atoms with van der Waals surface area (Å²) in [6, 6.07) is 11.0. The molecule has 86 valence electrons. The van der Waals surface area contributed by atoms with Gasteiger partial charge in [-0.05, 0) is 22.9 Å². The number of carbonyl (C=O) groups excluding carboxylic acids is 1. The highest BCUT2D eigenvalue weighted by Gasteiger charge is 2.21. The molecule has 0 fully saturated rings. The quantitative estimate of drug-likeness (QED) is 0.665. The lowest BCUT2D eigenvalue weighted by atomic mass is 10.2. The van der Waals surface area contributed by atoms with Crippen LogP contribution in [0.4, 0.5) is 0 Å². The summed E-state index contributed by atoms with van der Waals surface area (Å²) in [6.07, 6.45) is 0. The van der Waals surface area contributed by atoms with E-state index in [-0.39, 0.29) is 11.3 Å². The van der Waals surface area contributed by atoms with Crippen molar-refractivity contribution >= 4 is 40.1 Å². The van der Waals surface area contributed by atoms with Gasteiger partial charge in [-0.2, -0.15) is 5.26 Å². The third-order valence-electron chi connectivity index (χ3n) is 2.09. The molecule has 1 amide bonds. The molecule has 1 unspecified atom stereocenters. The first-order valence-corrected chi connectivity index (χ1v) is 7.35. The molecule has 0 bridgehead atoms. The Bertz CT molecular complexity index is 507. The number of hydrogen-bond donors (Lipinski definition) is 1. The van der Waals surface area contributed by atoms with Gasteiger partial charge < -0.3 is 17.9 Å². The number of carbonyl (C=O) groups is 1. The molecule has 6 heteroatoms. The Morgan fingerprint density at radius 2 is 2.12 bits per heavy atom.